The fraction of sp³-hybridized carbons (Fsp3) is 0.889. The van der Waals surface area contributed by atoms with Gasteiger partial charge in [0, 0.05) is 0 Å². The van der Waals surface area contributed by atoms with Gasteiger partial charge in [0.1, 0.15) is 0 Å². The maximum absolute atomic E-state index is 8.47. The van der Waals surface area contributed by atoms with Gasteiger partial charge in [-0.3, -0.25) is 0 Å². The maximum atomic E-state index is 8.47. The average molecular weight is 171 g/mol. The number of rotatable bonds is 6. The summed E-state index contributed by atoms with van der Waals surface area (Å²) in [6.07, 6.45) is 5.21. The lowest BCUT2D eigenvalue weighted by molar-refractivity contribution is 0.706. The molecule has 0 aromatic carbocycles. The Hall–Kier alpha value is -0.160. The summed E-state index contributed by atoms with van der Waals surface area (Å²) in [5, 5.41) is 8.64. The minimum absolute atomic E-state index is 0.177. The van der Waals surface area contributed by atoms with Crippen LogP contribution >= 0.6 is 11.8 Å². The van der Waals surface area contributed by atoms with Crippen molar-refractivity contribution in [1.82, 2.24) is 0 Å². The number of nitrogens with zero attached hydrogens (tertiary/aromatic N) is 1. The fourth-order valence-corrected chi connectivity index (χ4v) is 1.63. The SMILES string of the molecule is CCCCCCSC(C)C#N. The van der Waals surface area contributed by atoms with E-state index in [0.717, 1.165) is 5.75 Å². The quantitative estimate of drug-likeness (QED) is 0.573. The number of hydrogen-bond donors (Lipinski definition) is 0. The van der Waals surface area contributed by atoms with Crippen molar-refractivity contribution in [3.8, 4) is 6.07 Å². The van der Waals surface area contributed by atoms with E-state index in [2.05, 4.69) is 13.0 Å². The van der Waals surface area contributed by atoms with Crippen LogP contribution in [0.4, 0.5) is 0 Å². The Morgan fingerprint density at radius 1 is 1.36 bits per heavy atom. The van der Waals surface area contributed by atoms with E-state index in [1.54, 1.807) is 11.8 Å². The van der Waals surface area contributed by atoms with Gasteiger partial charge in [0.2, 0.25) is 0 Å². The molecule has 1 nitrogen and oxygen atoms in total. The van der Waals surface area contributed by atoms with E-state index in [0.29, 0.717) is 0 Å². The first kappa shape index (κ1) is 10.8. The summed E-state index contributed by atoms with van der Waals surface area (Å²) in [5.41, 5.74) is 0. The molecule has 0 fully saturated rings. The zero-order valence-corrected chi connectivity index (χ0v) is 8.28. The van der Waals surface area contributed by atoms with Gasteiger partial charge in [-0.05, 0) is 19.1 Å². The summed E-state index contributed by atoms with van der Waals surface area (Å²) in [4.78, 5) is 0. The molecule has 1 atom stereocenters. The molecule has 0 saturated heterocycles. The first-order valence-corrected chi connectivity index (χ1v) is 5.37. The van der Waals surface area contributed by atoms with Crippen molar-refractivity contribution in [2.75, 3.05) is 5.75 Å². The zero-order chi connectivity index (χ0) is 8.53. The zero-order valence-electron chi connectivity index (χ0n) is 7.47. The molecule has 0 rings (SSSR count). The van der Waals surface area contributed by atoms with E-state index in [9.17, 15) is 0 Å². The fourth-order valence-electron chi connectivity index (χ4n) is 0.826. The lowest BCUT2D eigenvalue weighted by atomic mass is 10.2. The summed E-state index contributed by atoms with van der Waals surface area (Å²) in [7, 11) is 0. The van der Waals surface area contributed by atoms with Gasteiger partial charge in [0.05, 0.1) is 11.3 Å². The van der Waals surface area contributed by atoms with Gasteiger partial charge in [0.15, 0.2) is 0 Å². The van der Waals surface area contributed by atoms with Gasteiger partial charge in [-0.2, -0.15) is 5.26 Å². The normalized spacial score (nSPS) is 12.5. The summed E-state index contributed by atoms with van der Waals surface area (Å²) < 4.78 is 0. The van der Waals surface area contributed by atoms with E-state index in [1.165, 1.54) is 25.7 Å². The van der Waals surface area contributed by atoms with Crippen LogP contribution < -0.4 is 0 Å². The third kappa shape index (κ3) is 7.74. The molecule has 0 N–H and O–H groups in total. The highest BCUT2D eigenvalue weighted by molar-refractivity contribution is 8.00. The van der Waals surface area contributed by atoms with Gasteiger partial charge in [-0.1, -0.05) is 26.2 Å². The second-order valence-electron chi connectivity index (χ2n) is 2.70. The van der Waals surface area contributed by atoms with Crippen molar-refractivity contribution in [2.45, 2.75) is 44.8 Å². The Morgan fingerprint density at radius 2 is 2.09 bits per heavy atom. The predicted octanol–water partition coefficient (Wildman–Crippen LogP) is 3.21. The summed E-state index contributed by atoms with van der Waals surface area (Å²) in [5.74, 6) is 1.15. The van der Waals surface area contributed by atoms with Crippen LogP contribution in [0.15, 0.2) is 0 Å². The number of hydrogen-bond acceptors (Lipinski definition) is 2. The minimum atomic E-state index is 0.177. The Kier molecular flexibility index (Phi) is 7.83. The molecule has 0 aliphatic heterocycles. The molecule has 2 heteroatoms. The number of nitriles is 1. The van der Waals surface area contributed by atoms with Gasteiger partial charge < -0.3 is 0 Å². The topological polar surface area (TPSA) is 23.8 Å². The van der Waals surface area contributed by atoms with E-state index < -0.39 is 0 Å². The van der Waals surface area contributed by atoms with Crippen LogP contribution in [0.3, 0.4) is 0 Å². The van der Waals surface area contributed by atoms with Crippen LogP contribution in [0.5, 0.6) is 0 Å². The van der Waals surface area contributed by atoms with Crippen LogP contribution in [0.25, 0.3) is 0 Å². The molecule has 0 aliphatic rings. The molecule has 0 amide bonds. The van der Waals surface area contributed by atoms with Gasteiger partial charge in [-0.15, -0.1) is 11.8 Å². The summed E-state index contributed by atoms with van der Waals surface area (Å²) in [6.45, 7) is 4.18. The molecule has 64 valence electrons. The second kappa shape index (κ2) is 7.94. The minimum Gasteiger partial charge on any atom is -0.197 e. The first-order valence-electron chi connectivity index (χ1n) is 4.32. The van der Waals surface area contributed by atoms with E-state index >= 15 is 0 Å². The first-order chi connectivity index (χ1) is 5.31. The van der Waals surface area contributed by atoms with Crippen molar-refractivity contribution in [2.24, 2.45) is 0 Å². The highest BCUT2D eigenvalue weighted by Gasteiger charge is 1.97. The molecule has 0 saturated carbocycles. The monoisotopic (exact) mass is 171 g/mol. The van der Waals surface area contributed by atoms with Crippen molar-refractivity contribution < 1.29 is 0 Å². The largest absolute Gasteiger partial charge is 0.197 e. The van der Waals surface area contributed by atoms with Gasteiger partial charge in [0.25, 0.3) is 0 Å². The Labute approximate surface area is 74.2 Å². The second-order valence-corrected chi connectivity index (χ2v) is 4.15. The lowest BCUT2D eigenvalue weighted by Gasteiger charge is -2.00. The Bertz CT molecular complexity index is 117. The average Bonchev–Trinajstić information content (AvgIpc) is 2.04. The maximum Gasteiger partial charge on any atom is 0.0888 e. The summed E-state index contributed by atoms with van der Waals surface area (Å²) >= 11 is 1.77. The number of unbranched alkanes of at least 4 members (excludes halogenated alkanes) is 3. The smallest absolute Gasteiger partial charge is 0.0888 e. The molecular formula is C9H17NS. The standard InChI is InChI=1S/C9H17NS/c1-3-4-5-6-7-11-9(2)8-10/h9H,3-7H2,1-2H3. The van der Waals surface area contributed by atoms with Gasteiger partial charge >= 0.3 is 0 Å². The van der Waals surface area contributed by atoms with Crippen LogP contribution in [0.1, 0.15) is 39.5 Å². The van der Waals surface area contributed by atoms with Crippen LogP contribution in [-0.2, 0) is 0 Å². The molecule has 0 aromatic heterocycles. The van der Waals surface area contributed by atoms with E-state index in [1.807, 2.05) is 6.92 Å². The molecule has 0 bridgehead atoms. The van der Waals surface area contributed by atoms with Crippen molar-refractivity contribution in [3.05, 3.63) is 0 Å². The van der Waals surface area contributed by atoms with Gasteiger partial charge in [-0.25, -0.2) is 0 Å². The molecule has 0 heterocycles. The van der Waals surface area contributed by atoms with E-state index in [-0.39, 0.29) is 5.25 Å². The summed E-state index contributed by atoms with van der Waals surface area (Å²) in [6, 6.07) is 2.22. The van der Waals surface area contributed by atoms with Crippen molar-refractivity contribution in [3.63, 3.8) is 0 Å². The Balaban J connectivity index is 2.97. The molecule has 0 radical (unpaired) electrons. The lowest BCUT2D eigenvalue weighted by Crippen LogP contribution is -1.92. The molecule has 0 aliphatic carbocycles. The van der Waals surface area contributed by atoms with Crippen LogP contribution in [-0.4, -0.2) is 11.0 Å². The third-order valence-corrected chi connectivity index (χ3v) is 2.68. The van der Waals surface area contributed by atoms with Crippen molar-refractivity contribution >= 4 is 11.8 Å². The molecular weight excluding hydrogens is 154 g/mol. The predicted molar refractivity (Wildman–Crippen MR) is 51.7 cm³/mol. The van der Waals surface area contributed by atoms with E-state index in [4.69, 9.17) is 5.26 Å². The number of thioether (sulfide) groups is 1. The van der Waals surface area contributed by atoms with Crippen LogP contribution in [0, 0.1) is 11.3 Å². The highest BCUT2D eigenvalue weighted by atomic mass is 32.2. The third-order valence-electron chi connectivity index (χ3n) is 1.55. The molecule has 0 aromatic rings. The molecule has 0 spiro atoms. The van der Waals surface area contributed by atoms with Crippen LogP contribution in [0.2, 0.25) is 0 Å². The molecule has 11 heavy (non-hydrogen) atoms. The van der Waals surface area contributed by atoms with Crippen molar-refractivity contribution in [1.29, 1.82) is 5.26 Å². The Morgan fingerprint density at radius 3 is 2.64 bits per heavy atom. The molecule has 1 unspecified atom stereocenters. The highest BCUT2D eigenvalue weighted by Crippen LogP contribution is 2.12.